The number of ether oxygens (including phenoxy) is 2. The summed E-state index contributed by atoms with van der Waals surface area (Å²) in [7, 11) is 1.59. The van der Waals surface area contributed by atoms with Crippen LogP contribution in [0.1, 0.15) is 19.8 Å². The number of nitrogens with one attached hydrogen (secondary N) is 1. The molecule has 1 unspecified atom stereocenters. The molecule has 1 aliphatic rings. The second-order valence-electron chi connectivity index (χ2n) is 5.83. The van der Waals surface area contributed by atoms with Crippen molar-refractivity contribution in [2.24, 2.45) is 5.92 Å². The van der Waals surface area contributed by atoms with Crippen LogP contribution in [0.2, 0.25) is 0 Å². The molecular formula is C17H24N2O4. The van der Waals surface area contributed by atoms with Crippen molar-refractivity contribution in [1.29, 1.82) is 0 Å². The van der Waals surface area contributed by atoms with Crippen LogP contribution in [-0.4, -0.2) is 50.1 Å². The number of benzene rings is 1. The standard InChI is InChI=1S/C17H24N2O4/c1-13-4-3-9-19(11-13)17(21)10-18-16(20)12-23-15-7-5-14(22-2)6-8-15/h5-8,13H,3-4,9-12H2,1-2H3,(H,18,20). The molecule has 1 aliphatic heterocycles. The Kier molecular flexibility index (Phi) is 6.26. The number of hydrogen-bond acceptors (Lipinski definition) is 4. The van der Waals surface area contributed by atoms with Crippen molar-refractivity contribution in [3.8, 4) is 11.5 Å². The lowest BCUT2D eigenvalue weighted by atomic mass is 10.0. The van der Waals surface area contributed by atoms with Crippen molar-refractivity contribution in [2.75, 3.05) is 33.4 Å². The van der Waals surface area contributed by atoms with Crippen LogP contribution in [0.3, 0.4) is 0 Å². The molecule has 0 spiro atoms. The molecule has 2 rings (SSSR count). The van der Waals surface area contributed by atoms with Crippen LogP contribution in [0, 0.1) is 5.92 Å². The molecule has 126 valence electrons. The van der Waals surface area contributed by atoms with Crippen molar-refractivity contribution >= 4 is 11.8 Å². The number of nitrogens with zero attached hydrogens (tertiary/aromatic N) is 1. The van der Waals surface area contributed by atoms with Crippen molar-refractivity contribution in [3.63, 3.8) is 0 Å². The molecule has 0 aromatic heterocycles. The fourth-order valence-electron chi connectivity index (χ4n) is 2.57. The first-order chi connectivity index (χ1) is 11.1. The Balaban J connectivity index is 1.68. The first-order valence-corrected chi connectivity index (χ1v) is 7.90. The van der Waals surface area contributed by atoms with Gasteiger partial charge in [-0.15, -0.1) is 0 Å². The molecule has 1 saturated heterocycles. The molecule has 0 bridgehead atoms. The van der Waals surface area contributed by atoms with Crippen LogP contribution in [0.25, 0.3) is 0 Å². The number of hydrogen-bond donors (Lipinski definition) is 1. The van der Waals surface area contributed by atoms with Crippen molar-refractivity contribution < 1.29 is 19.1 Å². The highest BCUT2D eigenvalue weighted by atomic mass is 16.5. The highest BCUT2D eigenvalue weighted by Crippen LogP contribution is 2.17. The van der Waals surface area contributed by atoms with Crippen LogP contribution >= 0.6 is 0 Å². The fraction of sp³-hybridized carbons (Fsp3) is 0.529. The van der Waals surface area contributed by atoms with Gasteiger partial charge >= 0.3 is 0 Å². The fourth-order valence-corrected chi connectivity index (χ4v) is 2.57. The third-order valence-electron chi connectivity index (χ3n) is 3.88. The van der Waals surface area contributed by atoms with Gasteiger partial charge in [0.2, 0.25) is 5.91 Å². The van der Waals surface area contributed by atoms with E-state index in [0.717, 1.165) is 31.7 Å². The highest BCUT2D eigenvalue weighted by molar-refractivity contribution is 5.85. The first-order valence-electron chi connectivity index (χ1n) is 7.90. The van der Waals surface area contributed by atoms with E-state index < -0.39 is 0 Å². The van der Waals surface area contributed by atoms with Crippen LogP contribution in [-0.2, 0) is 9.59 Å². The molecule has 6 nitrogen and oxygen atoms in total. The third-order valence-corrected chi connectivity index (χ3v) is 3.88. The molecule has 1 aromatic rings. The van der Waals surface area contributed by atoms with Gasteiger partial charge in [0, 0.05) is 13.1 Å². The Morgan fingerprint density at radius 2 is 1.96 bits per heavy atom. The maximum Gasteiger partial charge on any atom is 0.258 e. The number of likely N-dealkylation sites (tertiary alicyclic amines) is 1. The number of piperidine rings is 1. The van der Waals surface area contributed by atoms with E-state index in [9.17, 15) is 9.59 Å². The van der Waals surface area contributed by atoms with Crippen molar-refractivity contribution in [2.45, 2.75) is 19.8 Å². The number of methoxy groups -OCH3 is 1. The average Bonchev–Trinajstić information content (AvgIpc) is 2.58. The largest absolute Gasteiger partial charge is 0.497 e. The third kappa shape index (κ3) is 5.47. The molecule has 1 atom stereocenters. The molecule has 0 aliphatic carbocycles. The van der Waals surface area contributed by atoms with Crippen LogP contribution in [0.5, 0.6) is 11.5 Å². The summed E-state index contributed by atoms with van der Waals surface area (Å²) in [5.41, 5.74) is 0. The normalized spacial score (nSPS) is 17.5. The van der Waals surface area contributed by atoms with E-state index in [1.807, 2.05) is 4.90 Å². The van der Waals surface area contributed by atoms with E-state index in [2.05, 4.69) is 12.2 Å². The first kappa shape index (κ1) is 17.1. The smallest absolute Gasteiger partial charge is 0.258 e. The maximum absolute atomic E-state index is 12.0. The van der Waals surface area contributed by atoms with Gasteiger partial charge < -0.3 is 19.7 Å². The molecule has 6 heteroatoms. The number of amides is 2. The minimum Gasteiger partial charge on any atom is -0.497 e. The van der Waals surface area contributed by atoms with Gasteiger partial charge in [-0.25, -0.2) is 0 Å². The lowest BCUT2D eigenvalue weighted by Gasteiger charge is -2.31. The Bertz CT molecular complexity index is 530. The number of carbonyl (C=O) groups excluding carboxylic acids is 2. The summed E-state index contributed by atoms with van der Waals surface area (Å²) in [6.45, 7) is 3.60. The number of rotatable bonds is 6. The van der Waals surface area contributed by atoms with E-state index >= 15 is 0 Å². The van der Waals surface area contributed by atoms with Crippen LogP contribution in [0.4, 0.5) is 0 Å². The SMILES string of the molecule is COc1ccc(OCC(=O)NCC(=O)N2CCCC(C)C2)cc1. The van der Waals surface area contributed by atoms with Crippen LogP contribution < -0.4 is 14.8 Å². The number of carbonyl (C=O) groups is 2. The maximum atomic E-state index is 12.0. The Morgan fingerprint density at radius 3 is 2.61 bits per heavy atom. The van der Waals surface area contributed by atoms with E-state index in [1.54, 1.807) is 31.4 Å². The minimum absolute atomic E-state index is 0.0253. The van der Waals surface area contributed by atoms with Gasteiger partial charge in [0.05, 0.1) is 13.7 Å². The van der Waals surface area contributed by atoms with Crippen molar-refractivity contribution in [3.05, 3.63) is 24.3 Å². The Morgan fingerprint density at radius 1 is 1.26 bits per heavy atom. The van der Waals surface area contributed by atoms with Crippen molar-refractivity contribution in [1.82, 2.24) is 10.2 Å². The monoisotopic (exact) mass is 320 g/mol. The zero-order valence-electron chi connectivity index (χ0n) is 13.7. The zero-order chi connectivity index (χ0) is 16.7. The summed E-state index contributed by atoms with van der Waals surface area (Å²) in [4.78, 5) is 25.6. The van der Waals surface area contributed by atoms with E-state index in [4.69, 9.17) is 9.47 Å². The summed E-state index contributed by atoms with van der Waals surface area (Å²) < 4.78 is 10.4. The molecule has 0 radical (unpaired) electrons. The topological polar surface area (TPSA) is 67.9 Å². The Hall–Kier alpha value is -2.24. The summed E-state index contributed by atoms with van der Waals surface area (Å²) in [5, 5.41) is 2.61. The molecule has 2 amide bonds. The molecule has 1 heterocycles. The van der Waals surface area contributed by atoms with Crippen LogP contribution in [0.15, 0.2) is 24.3 Å². The second kappa shape index (κ2) is 8.41. The predicted molar refractivity (Wildman–Crippen MR) is 86.5 cm³/mol. The van der Waals surface area contributed by atoms with E-state index in [1.165, 1.54) is 0 Å². The van der Waals surface area contributed by atoms with E-state index in [0.29, 0.717) is 11.7 Å². The lowest BCUT2D eigenvalue weighted by Crippen LogP contribution is -2.45. The second-order valence-corrected chi connectivity index (χ2v) is 5.83. The van der Waals surface area contributed by atoms with Gasteiger partial charge in [-0.3, -0.25) is 9.59 Å². The molecule has 1 aromatic carbocycles. The highest BCUT2D eigenvalue weighted by Gasteiger charge is 2.20. The molecule has 1 fully saturated rings. The average molecular weight is 320 g/mol. The molecular weight excluding hydrogens is 296 g/mol. The quantitative estimate of drug-likeness (QED) is 0.861. The van der Waals surface area contributed by atoms with Gasteiger partial charge in [0.15, 0.2) is 6.61 Å². The molecule has 23 heavy (non-hydrogen) atoms. The van der Waals surface area contributed by atoms with Gasteiger partial charge in [-0.2, -0.15) is 0 Å². The summed E-state index contributed by atoms with van der Waals surface area (Å²) in [6, 6.07) is 6.97. The molecule has 0 saturated carbocycles. The minimum atomic E-state index is -0.306. The molecule has 1 N–H and O–H groups in total. The van der Waals surface area contributed by atoms with E-state index in [-0.39, 0.29) is 25.0 Å². The summed E-state index contributed by atoms with van der Waals surface area (Å²) >= 11 is 0. The van der Waals surface area contributed by atoms with Gasteiger partial charge in [0.1, 0.15) is 11.5 Å². The van der Waals surface area contributed by atoms with Gasteiger partial charge in [-0.05, 0) is 43.0 Å². The van der Waals surface area contributed by atoms with Gasteiger partial charge in [-0.1, -0.05) is 6.92 Å². The summed E-state index contributed by atoms with van der Waals surface area (Å²) in [5.74, 6) is 1.50. The predicted octanol–water partition coefficient (Wildman–Crippen LogP) is 1.45. The Labute approximate surface area is 136 Å². The summed E-state index contributed by atoms with van der Waals surface area (Å²) in [6.07, 6.45) is 2.19. The lowest BCUT2D eigenvalue weighted by molar-refractivity contribution is -0.134. The van der Waals surface area contributed by atoms with Gasteiger partial charge in [0.25, 0.3) is 5.91 Å². The zero-order valence-corrected chi connectivity index (χ0v) is 13.7.